The minimum atomic E-state index is -0.347. The molecule has 3 rings (SSSR count). The number of carbonyl (C=O) groups is 1. The van der Waals surface area contributed by atoms with E-state index in [0.29, 0.717) is 43.6 Å². The highest BCUT2D eigenvalue weighted by atomic mass is 35.5. The molecule has 0 saturated carbocycles. The van der Waals surface area contributed by atoms with E-state index in [0.717, 1.165) is 5.56 Å². The number of hydrogen-bond donors (Lipinski definition) is 0. The third-order valence-electron chi connectivity index (χ3n) is 3.46. The van der Waals surface area contributed by atoms with E-state index >= 15 is 0 Å². The van der Waals surface area contributed by atoms with Gasteiger partial charge < -0.3 is 14.4 Å². The zero-order valence-electron chi connectivity index (χ0n) is 12.5. The molecule has 1 aliphatic heterocycles. The molecule has 0 aliphatic carbocycles. The van der Waals surface area contributed by atoms with Crippen molar-refractivity contribution in [3.05, 3.63) is 46.7 Å². The molecule has 0 atom stereocenters. The van der Waals surface area contributed by atoms with Crippen LogP contribution in [-0.4, -0.2) is 52.3 Å². The molecule has 0 unspecified atom stereocenters. The normalized spacial score (nSPS) is 14.7. The third-order valence-corrected chi connectivity index (χ3v) is 3.71. The van der Waals surface area contributed by atoms with Gasteiger partial charge in [0, 0.05) is 18.1 Å². The number of halogens is 1. The summed E-state index contributed by atoms with van der Waals surface area (Å²) in [4.78, 5) is 13.5. The summed E-state index contributed by atoms with van der Waals surface area (Å²) in [5.41, 5.74) is 1.68. The molecular weight excluding hydrogens is 320 g/mol. The number of benzene rings is 1. The number of nitrogens with zero attached hydrogens (tertiary/aromatic N) is 4. The van der Waals surface area contributed by atoms with Crippen molar-refractivity contribution in [2.45, 2.75) is 13.2 Å². The Morgan fingerprint density at radius 2 is 2.00 bits per heavy atom. The molecular formula is C15H17ClN4O3. The maximum atomic E-state index is 11.9. The minimum absolute atomic E-state index is 0.108. The first-order valence-corrected chi connectivity index (χ1v) is 7.71. The topological polar surface area (TPSA) is 69.5 Å². The fourth-order valence-electron chi connectivity index (χ4n) is 2.23. The molecule has 23 heavy (non-hydrogen) atoms. The number of carbonyl (C=O) groups excluding carboxylic acids is 1. The molecule has 0 radical (unpaired) electrons. The molecule has 1 aromatic heterocycles. The van der Waals surface area contributed by atoms with Gasteiger partial charge in [-0.15, -0.1) is 5.10 Å². The van der Waals surface area contributed by atoms with Crippen LogP contribution in [0.3, 0.4) is 0 Å². The number of aromatic nitrogens is 3. The Morgan fingerprint density at radius 1 is 1.26 bits per heavy atom. The molecule has 1 amide bonds. The van der Waals surface area contributed by atoms with Gasteiger partial charge in [0.15, 0.2) is 0 Å². The first kappa shape index (κ1) is 15.8. The van der Waals surface area contributed by atoms with E-state index in [1.807, 2.05) is 24.3 Å². The Balaban J connectivity index is 1.50. The summed E-state index contributed by atoms with van der Waals surface area (Å²) in [7, 11) is 0. The van der Waals surface area contributed by atoms with Gasteiger partial charge in [-0.2, -0.15) is 0 Å². The Hall–Kier alpha value is -2.12. The lowest BCUT2D eigenvalue weighted by atomic mass is 10.2. The quantitative estimate of drug-likeness (QED) is 0.853. The van der Waals surface area contributed by atoms with Crippen LogP contribution < -0.4 is 0 Å². The first-order valence-electron chi connectivity index (χ1n) is 7.33. The molecule has 1 aromatic carbocycles. The molecule has 1 saturated heterocycles. The molecule has 1 fully saturated rings. The van der Waals surface area contributed by atoms with Crippen molar-refractivity contribution in [2.75, 3.05) is 26.3 Å². The monoisotopic (exact) mass is 336 g/mol. The molecule has 1 aliphatic rings. The van der Waals surface area contributed by atoms with Gasteiger partial charge in [0.1, 0.15) is 12.3 Å². The Kier molecular flexibility index (Phi) is 5.09. The summed E-state index contributed by atoms with van der Waals surface area (Å²) >= 11 is 5.86. The van der Waals surface area contributed by atoms with Gasteiger partial charge in [0.25, 0.3) is 0 Å². The van der Waals surface area contributed by atoms with Crippen molar-refractivity contribution in [1.82, 2.24) is 19.9 Å². The highest BCUT2D eigenvalue weighted by molar-refractivity contribution is 6.30. The van der Waals surface area contributed by atoms with Crippen molar-refractivity contribution < 1.29 is 14.3 Å². The molecule has 7 nitrogen and oxygen atoms in total. The summed E-state index contributed by atoms with van der Waals surface area (Å²) in [6, 6.07) is 7.53. The van der Waals surface area contributed by atoms with E-state index in [4.69, 9.17) is 21.1 Å². The fraction of sp³-hybridized carbons (Fsp3) is 0.400. The zero-order valence-corrected chi connectivity index (χ0v) is 13.3. The summed E-state index contributed by atoms with van der Waals surface area (Å²) in [5, 5.41) is 8.74. The summed E-state index contributed by atoms with van der Waals surface area (Å²) < 4.78 is 12.1. The molecule has 8 heteroatoms. The van der Waals surface area contributed by atoms with Crippen LogP contribution in [0.4, 0.5) is 4.79 Å². The number of hydrogen-bond acceptors (Lipinski definition) is 5. The number of ether oxygens (including phenoxy) is 2. The Morgan fingerprint density at radius 3 is 2.74 bits per heavy atom. The standard InChI is InChI=1S/C15H17ClN4O3/c16-13-3-1-12(2-4-13)9-20-10-14(17-18-20)11-23-15(21)19-5-7-22-8-6-19/h1-4,10H,5-9,11H2. The van der Waals surface area contributed by atoms with Crippen LogP contribution in [0.1, 0.15) is 11.3 Å². The van der Waals surface area contributed by atoms with Crippen LogP contribution in [0, 0.1) is 0 Å². The van der Waals surface area contributed by atoms with Crippen molar-refractivity contribution in [3.63, 3.8) is 0 Å². The van der Waals surface area contributed by atoms with E-state index in [9.17, 15) is 4.79 Å². The van der Waals surface area contributed by atoms with E-state index < -0.39 is 0 Å². The summed E-state index contributed by atoms with van der Waals surface area (Å²) in [6.07, 6.45) is 1.42. The average molecular weight is 337 g/mol. The van der Waals surface area contributed by atoms with Crippen molar-refractivity contribution >= 4 is 17.7 Å². The lowest BCUT2D eigenvalue weighted by Gasteiger charge is -2.25. The van der Waals surface area contributed by atoms with Crippen LogP contribution in [0.15, 0.2) is 30.5 Å². The second-order valence-electron chi connectivity index (χ2n) is 5.19. The van der Waals surface area contributed by atoms with E-state index in [1.54, 1.807) is 15.8 Å². The second kappa shape index (κ2) is 7.43. The van der Waals surface area contributed by atoms with Gasteiger partial charge in [0.2, 0.25) is 0 Å². The summed E-state index contributed by atoms with van der Waals surface area (Å²) in [6.45, 7) is 2.90. The smallest absolute Gasteiger partial charge is 0.410 e. The lowest BCUT2D eigenvalue weighted by molar-refractivity contribution is 0.0246. The molecule has 0 bridgehead atoms. The predicted molar refractivity (Wildman–Crippen MR) is 83.2 cm³/mol. The maximum absolute atomic E-state index is 11.9. The lowest BCUT2D eigenvalue weighted by Crippen LogP contribution is -2.40. The van der Waals surface area contributed by atoms with Crippen molar-refractivity contribution in [3.8, 4) is 0 Å². The van der Waals surface area contributed by atoms with Crippen LogP contribution in [0.5, 0.6) is 0 Å². The first-order chi connectivity index (χ1) is 11.2. The van der Waals surface area contributed by atoms with Gasteiger partial charge in [0.05, 0.1) is 26.0 Å². The van der Waals surface area contributed by atoms with E-state index in [1.165, 1.54) is 0 Å². The highest BCUT2D eigenvalue weighted by Crippen LogP contribution is 2.10. The number of rotatable bonds is 4. The minimum Gasteiger partial charge on any atom is -0.443 e. The molecule has 0 N–H and O–H groups in total. The van der Waals surface area contributed by atoms with Crippen LogP contribution >= 0.6 is 11.6 Å². The largest absolute Gasteiger partial charge is 0.443 e. The van der Waals surface area contributed by atoms with E-state index in [-0.39, 0.29) is 12.7 Å². The van der Waals surface area contributed by atoms with Crippen molar-refractivity contribution in [2.24, 2.45) is 0 Å². The fourth-order valence-corrected chi connectivity index (χ4v) is 2.36. The molecule has 122 valence electrons. The predicted octanol–water partition coefficient (Wildman–Crippen LogP) is 1.95. The number of morpholine rings is 1. The highest BCUT2D eigenvalue weighted by Gasteiger charge is 2.18. The molecule has 0 spiro atoms. The molecule has 2 heterocycles. The van der Waals surface area contributed by atoms with Crippen LogP contribution in [-0.2, 0) is 22.6 Å². The Labute approximate surface area is 138 Å². The summed E-state index contributed by atoms with van der Waals surface area (Å²) in [5.74, 6) is 0. The van der Waals surface area contributed by atoms with E-state index in [2.05, 4.69) is 10.3 Å². The maximum Gasteiger partial charge on any atom is 0.410 e. The van der Waals surface area contributed by atoms with Gasteiger partial charge in [-0.1, -0.05) is 28.9 Å². The van der Waals surface area contributed by atoms with Gasteiger partial charge in [-0.3, -0.25) is 0 Å². The second-order valence-corrected chi connectivity index (χ2v) is 5.62. The third kappa shape index (κ3) is 4.43. The average Bonchev–Trinajstić information content (AvgIpc) is 3.03. The van der Waals surface area contributed by atoms with Gasteiger partial charge in [-0.05, 0) is 17.7 Å². The van der Waals surface area contributed by atoms with Crippen LogP contribution in [0.2, 0.25) is 5.02 Å². The van der Waals surface area contributed by atoms with Gasteiger partial charge in [-0.25, -0.2) is 9.48 Å². The Bertz CT molecular complexity index is 653. The van der Waals surface area contributed by atoms with Crippen LogP contribution in [0.25, 0.3) is 0 Å². The number of amides is 1. The van der Waals surface area contributed by atoms with Crippen molar-refractivity contribution in [1.29, 1.82) is 0 Å². The molecule has 2 aromatic rings. The zero-order chi connectivity index (χ0) is 16.1. The SMILES string of the molecule is O=C(OCc1cn(Cc2ccc(Cl)cc2)nn1)N1CCOCC1. The van der Waals surface area contributed by atoms with Gasteiger partial charge >= 0.3 is 6.09 Å².